The fraction of sp³-hybridized carbons (Fsp3) is 0.286. The van der Waals surface area contributed by atoms with Gasteiger partial charge in [-0.3, -0.25) is 9.59 Å². The highest BCUT2D eigenvalue weighted by molar-refractivity contribution is 5.95. The van der Waals surface area contributed by atoms with Gasteiger partial charge in [0.1, 0.15) is 12.1 Å². The SMILES string of the molecule is CC(C)(C)c1ccc(C(=O)NCC(=O)OCc2nc3ccccc3o2)cc1. The average molecular weight is 366 g/mol. The molecule has 0 bridgehead atoms. The van der Waals surface area contributed by atoms with Gasteiger partial charge in [-0.25, -0.2) is 4.98 Å². The highest BCUT2D eigenvalue weighted by atomic mass is 16.5. The number of hydrogen-bond acceptors (Lipinski definition) is 5. The van der Waals surface area contributed by atoms with Crippen molar-refractivity contribution in [2.75, 3.05) is 6.54 Å². The summed E-state index contributed by atoms with van der Waals surface area (Å²) in [5.74, 6) is -0.570. The van der Waals surface area contributed by atoms with E-state index in [1.807, 2.05) is 30.3 Å². The third-order valence-corrected chi connectivity index (χ3v) is 4.10. The number of ether oxygens (including phenoxy) is 1. The molecule has 0 aliphatic heterocycles. The zero-order chi connectivity index (χ0) is 19.4. The van der Waals surface area contributed by atoms with Crippen molar-refractivity contribution in [3.8, 4) is 0 Å². The molecule has 0 aliphatic carbocycles. The summed E-state index contributed by atoms with van der Waals surface area (Å²) < 4.78 is 10.6. The molecule has 1 aromatic heterocycles. The first-order valence-electron chi connectivity index (χ1n) is 8.72. The van der Waals surface area contributed by atoms with Gasteiger partial charge in [0, 0.05) is 5.56 Å². The van der Waals surface area contributed by atoms with Crippen LogP contribution in [0, 0.1) is 0 Å². The Morgan fingerprint density at radius 3 is 2.44 bits per heavy atom. The number of carbonyl (C=O) groups excluding carboxylic acids is 2. The minimum atomic E-state index is -0.558. The summed E-state index contributed by atoms with van der Waals surface area (Å²) in [6.07, 6.45) is 0. The fourth-order valence-corrected chi connectivity index (χ4v) is 2.55. The minimum absolute atomic E-state index is 0.0174. The van der Waals surface area contributed by atoms with Crippen LogP contribution >= 0.6 is 0 Å². The van der Waals surface area contributed by atoms with E-state index < -0.39 is 5.97 Å². The van der Waals surface area contributed by atoms with E-state index in [0.717, 1.165) is 5.56 Å². The second-order valence-corrected chi connectivity index (χ2v) is 7.25. The summed E-state index contributed by atoms with van der Waals surface area (Å²) >= 11 is 0. The van der Waals surface area contributed by atoms with Crippen molar-refractivity contribution in [3.05, 3.63) is 65.5 Å². The van der Waals surface area contributed by atoms with Crippen LogP contribution in [0.15, 0.2) is 52.9 Å². The van der Waals surface area contributed by atoms with Gasteiger partial charge in [0.2, 0.25) is 5.89 Å². The molecule has 3 aromatic rings. The number of oxazole rings is 1. The van der Waals surface area contributed by atoms with Crippen molar-refractivity contribution in [3.63, 3.8) is 0 Å². The quantitative estimate of drug-likeness (QED) is 0.698. The van der Waals surface area contributed by atoms with Crippen LogP contribution in [-0.2, 0) is 21.6 Å². The fourth-order valence-electron chi connectivity index (χ4n) is 2.55. The van der Waals surface area contributed by atoms with Crippen LogP contribution < -0.4 is 5.32 Å². The van der Waals surface area contributed by atoms with Gasteiger partial charge in [0.15, 0.2) is 12.2 Å². The third-order valence-electron chi connectivity index (χ3n) is 4.10. The van der Waals surface area contributed by atoms with Crippen LogP contribution in [-0.4, -0.2) is 23.4 Å². The Hall–Kier alpha value is -3.15. The van der Waals surface area contributed by atoms with Gasteiger partial charge < -0.3 is 14.5 Å². The number of fused-ring (bicyclic) bond motifs is 1. The molecule has 0 spiro atoms. The Morgan fingerprint density at radius 2 is 1.78 bits per heavy atom. The van der Waals surface area contributed by atoms with Gasteiger partial charge in [0.05, 0.1) is 0 Å². The van der Waals surface area contributed by atoms with E-state index in [-0.39, 0.29) is 24.5 Å². The van der Waals surface area contributed by atoms with Crippen LogP contribution in [0.3, 0.4) is 0 Å². The number of nitrogens with zero attached hydrogens (tertiary/aromatic N) is 1. The van der Waals surface area contributed by atoms with Crippen LogP contribution in [0.4, 0.5) is 0 Å². The van der Waals surface area contributed by atoms with Gasteiger partial charge in [-0.05, 0) is 35.2 Å². The molecule has 1 amide bonds. The molecule has 0 saturated heterocycles. The number of para-hydroxylation sites is 2. The molecule has 6 nitrogen and oxygen atoms in total. The highest BCUT2D eigenvalue weighted by Gasteiger charge is 2.15. The second kappa shape index (κ2) is 7.61. The predicted molar refractivity (Wildman–Crippen MR) is 101 cm³/mol. The van der Waals surface area contributed by atoms with Gasteiger partial charge in [-0.2, -0.15) is 0 Å². The Labute approximate surface area is 157 Å². The summed E-state index contributed by atoms with van der Waals surface area (Å²) in [4.78, 5) is 28.2. The first kappa shape index (κ1) is 18.6. The first-order chi connectivity index (χ1) is 12.8. The zero-order valence-electron chi connectivity index (χ0n) is 15.6. The molecule has 140 valence electrons. The number of nitrogens with one attached hydrogen (secondary N) is 1. The largest absolute Gasteiger partial charge is 0.454 e. The number of rotatable bonds is 5. The van der Waals surface area contributed by atoms with Crippen LogP contribution in [0.25, 0.3) is 11.1 Å². The van der Waals surface area contributed by atoms with Gasteiger partial charge in [0.25, 0.3) is 5.91 Å². The maximum Gasteiger partial charge on any atom is 0.325 e. The summed E-state index contributed by atoms with van der Waals surface area (Å²) in [6, 6.07) is 14.6. The number of benzene rings is 2. The maximum absolute atomic E-state index is 12.2. The summed E-state index contributed by atoms with van der Waals surface area (Å²) in [7, 11) is 0. The van der Waals surface area contributed by atoms with E-state index in [2.05, 4.69) is 31.1 Å². The van der Waals surface area contributed by atoms with Crippen molar-refractivity contribution in [2.45, 2.75) is 32.8 Å². The van der Waals surface area contributed by atoms with E-state index in [1.54, 1.807) is 18.2 Å². The summed E-state index contributed by atoms with van der Waals surface area (Å²) in [6.45, 7) is 6.02. The molecule has 2 aromatic carbocycles. The third kappa shape index (κ3) is 4.73. The van der Waals surface area contributed by atoms with E-state index >= 15 is 0 Å². The molecule has 0 aliphatic rings. The summed E-state index contributed by atoms with van der Waals surface area (Å²) in [5.41, 5.74) is 2.99. The van der Waals surface area contributed by atoms with E-state index in [4.69, 9.17) is 9.15 Å². The average Bonchev–Trinajstić information content (AvgIpc) is 3.07. The Balaban J connectivity index is 1.49. The van der Waals surface area contributed by atoms with Gasteiger partial charge in [-0.15, -0.1) is 0 Å². The van der Waals surface area contributed by atoms with Crippen molar-refractivity contribution in [1.82, 2.24) is 10.3 Å². The number of amides is 1. The Bertz CT molecular complexity index is 919. The molecule has 0 fully saturated rings. The molecule has 27 heavy (non-hydrogen) atoms. The minimum Gasteiger partial charge on any atom is -0.454 e. The topological polar surface area (TPSA) is 81.4 Å². The van der Waals surface area contributed by atoms with Crippen LogP contribution in [0.1, 0.15) is 42.6 Å². The van der Waals surface area contributed by atoms with Crippen molar-refractivity contribution in [2.24, 2.45) is 0 Å². The monoisotopic (exact) mass is 366 g/mol. The smallest absolute Gasteiger partial charge is 0.325 e. The molecule has 1 N–H and O–H groups in total. The molecule has 0 saturated carbocycles. The molecule has 1 heterocycles. The van der Waals surface area contributed by atoms with Gasteiger partial charge >= 0.3 is 5.97 Å². The number of esters is 1. The van der Waals surface area contributed by atoms with E-state index in [0.29, 0.717) is 22.6 Å². The van der Waals surface area contributed by atoms with Gasteiger partial charge in [-0.1, -0.05) is 45.0 Å². The molecule has 6 heteroatoms. The second-order valence-electron chi connectivity index (χ2n) is 7.25. The lowest BCUT2D eigenvalue weighted by Gasteiger charge is -2.19. The first-order valence-corrected chi connectivity index (χ1v) is 8.72. The molecular formula is C21H22N2O4. The van der Waals surface area contributed by atoms with E-state index in [1.165, 1.54) is 0 Å². The Morgan fingerprint density at radius 1 is 1.07 bits per heavy atom. The molecule has 0 atom stereocenters. The zero-order valence-corrected chi connectivity index (χ0v) is 15.6. The molecular weight excluding hydrogens is 344 g/mol. The number of hydrogen-bond donors (Lipinski definition) is 1. The standard InChI is InChI=1S/C21H22N2O4/c1-21(2,3)15-10-8-14(9-11-15)20(25)22-12-19(24)26-13-18-23-16-6-4-5-7-17(16)27-18/h4-11H,12-13H2,1-3H3,(H,22,25). The lowest BCUT2D eigenvalue weighted by Crippen LogP contribution is -2.30. The predicted octanol–water partition coefficient (Wildman–Crippen LogP) is 3.60. The lowest BCUT2D eigenvalue weighted by molar-refractivity contribution is -0.144. The normalized spacial score (nSPS) is 11.4. The van der Waals surface area contributed by atoms with Crippen LogP contribution in [0.5, 0.6) is 0 Å². The highest BCUT2D eigenvalue weighted by Crippen LogP contribution is 2.22. The summed E-state index contributed by atoms with van der Waals surface area (Å²) in [5, 5.41) is 2.56. The van der Waals surface area contributed by atoms with E-state index in [9.17, 15) is 9.59 Å². The molecule has 0 unspecified atom stereocenters. The molecule has 3 rings (SSSR count). The van der Waals surface area contributed by atoms with Crippen molar-refractivity contribution in [1.29, 1.82) is 0 Å². The lowest BCUT2D eigenvalue weighted by atomic mass is 9.87. The van der Waals surface area contributed by atoms with Crippen LogP contribution in [0.2, 0.25) is 0 Å². The maximum atomic E-state index is 12.2. The van der Waals surface area contributed by atoms with Crippen molar-refractivity contribution >= 4 is 23.0 Å². The number of carbonyl (C=O) groups is 2. The number of aromatic nitrogens is 1. The Kier molecular flexibility index (Phi) is 5.26. The molecule has 0 radical (unpaired) electrons. The van der Waals surface area contributed by atoms with Crippen molar-refractivity contribution < 1.29 is 18.7 Å².